The smallest absolute Gasteiger partial charge is 0.240 e. The van der Waals surface area contributed by atoms with Crippen LogP contribution in [-0.4, -0.2) is 28.6 Å². The molecule has 5 aliphatic carbocycles. The Labute approximate surface area is 132 Å². The van der Waals surface area contributed by atoms with Gasteiger partial charge >= 0.3 is 0 Å². The number of hydrogen-bond acceptors (Lipinski definition) is 4. The fourth-order valence-electron chi connectivity index (χ4n) is 6.18. The summed E-state index contributed by atoms with van der Waals surface area (Å²) in [5, 5.41) is 4.15. The van der Waals surface area contributed by atoms with E-state index in [1.807, 2.05) is 0 Å². The van der Waals surface area contributed by atoms with Crippen molar-refractivity contribution >= 4 is 0 Å². The summed E-state index contributed by atoms with van der Waals surface area (Å²) in [7, 11) is 2.24. The second-order valence-corrected chi connectivity index (χ2v) is 8.91. The summed E-state index contributed by atoms with van der Waals surface area (Å²) < 4.78 is 5.45. The second kappa shape index (κ2) is 4.80. The molecule has 22 heavy (non-hydrogen) atoms. The van der Waals surface area contributed by atoms with Gasteiger partial charge in [0.15, 0.2) is 5.82 Å². The Morgan fingerprint density at radius 3 is 2.32 bits per heavy atom. The van der Waals surface area contributed by atoms with E-state index in [0.29, 0.717) is 11.3 Å². The second-order valence-electron chi connectivity index (χ2n) is 8.91. The van der Waals surface area contributed by atoms with Crippen LogP contribution in [0.15, 0.2) is 4.52 Å². The molecular formula is C18H27N3O. The normalized spacial score (nSPS) is 39.8. The molecule has 0 spiro atoms. The van der Waals surface area contributed by atoms with Gasteiger partial charge in [0.05, 0.1) is 6.54 Å². The van der Waals surface area contributed by atoms with E-state index in [9.17, 15) is 0 Å². The molecule has 0 radical (unpaired) electrons. The summed E-state index contributed by atoms with van der Waals surface area (Å²) in [6.07, 6.45) is 11.5. The Morgan fingerprint density at radius 1 is 1.09 bits per heavy atom. The lowest BCUT2D eigenvalue weighted by Crippen LogP contribution is -2.50. The van der Waals surface area contributed by atoms with Crippen molar-refractivity contribution < 1.29 is 4.52 Å². The summed E-state index contributed by atoms with van der Waals surface area (Å²) in [4.78, 5) is 7.03. The first-order valence-electron chi connectivity index (χ1n) is 9.18. The molecule has 0 N–H and O–H groups in total. The molecule has 4 nitrogen and oxygen atoms in total. The molecule has 0 amide bonds. The van der Waals surface area contributed by atoms with E-state index >= 15 is 0 Å². The van der Waals surface area contributed by atoms with Crippen molar-refractivity contribution in [1.29, 1.82) is 0 Å². The highest BCUT2D eigenvalue weighted by atomic mass is 16.5. The Morgan fingerprint density at radius 2 is 1.73 bits per heavy atom. The van der Waals surface area contributed by atoms with Gasteiger partial charge in [0.1, 0.15) is 0 Å². The van der Waals surface area contributed by atoms with Gasteiger partial charge in [-0.3, -0.25) is 4.90 Å². The summed E-state index contributed by atoms with van der Waals surface area (Å²) in [5.41, 5.74) is 0.600. The van der Waals surface area contributed by atoms with E-state index in [2.05, 4.69) is 22.1 Å². The van der Waals surface area contributed by atoms with E-state index in [1.54, 1.807) is 0 Å². The molecule has 1 aromatic heterocycles. The molecule has 120 valence electrons. The average Bonchev–Trinajstić information content (AvgIpc) is 3.17. The van der Waals surface area contributed by atoms with Gasteiger partial charge in [-0.25, -0.2) is 0 Å². The zero-order valence-electron chi connectivity index (χ0n) is 13.6. The van der Waals surface area contributed by atoms with Crippen molar-refractivity contribution in [3.05, 3.63) is 11.7 Å². The van der Waals surface area contributed by atoms with Gasteiger partial charge in [-0.1, -0.05) is 5.16 Å². The van der Waals surface area contributed by atoms with Crippen molar-refractivity contribution in [2.45, 2.75) is 63.8 Å². The number of nitrogens with zero attached hydrogens (tertiary/aromatic N) is 3. The van der Waals surface area contributed by atoms with E-state index in [-0.39, 0.29) is 0 Å². The third-order valence-electron chi connectivity index (χ3n) is 6.60. The molecule has 5 saturated carbocycles. The van der Waals surface area contributed by atoms with E-state index in [0.717, 1.165) is 36.0 Å². The van der Waals surface area contributed by atoms with Crippen LogP contribution >= 0.6 is 0 Å². The first-order chi connectivity index (χ1) is 10.7. The van der Waals surface area contributed by atoms with Gasteiger partial charge in [-0.15, -0.1) is 0 Å². The Bertz CT molecular complexity index is 527. The molecule has 4 heteroatoms. The van der Waals surface area contributed by atoms with Crippen LogP contribution in [0.4, 0.5) is 0 Å². The van der Waals surface area contributed by atoms with Crippen molar-refractivity contribution in [2.24, 2.45) is 23.2 Å². The number of rotatable bonds is 5. The van der Waals surface area contributed by atoms with Crippen LogP contribution in [0.5, 0.6) is 0 Å². The van der Waals surface area contributed by atoms with Crippen LogP contribution in [0.1, 0.15) is 69.0 Å². The molecule has 0 aromatic carbocycles. The molecule has 0 saturated heterocycles. The van der Waals surface area contributed by atoms with Gasteiger partial charge in [0.25, 0.3) is 0 Å². The third-order valence-corrected chi connectivity index (χ3v) is 6.60. The lowest BCUT2D eigenvalue weighted by molar-refractivity contribution is -0.0677. The van der Waals surface area contributed by atoms with Gasteiger partial charge in [-0.05, 0) is 81.6 Å². The lowest BCUT2D eigenvalue weighted by Gasteiger charge is -2.57. The SMILES string of the molecule is CN(Cc1nc(C2CC2)no1)CC12CC3CC(CC(C3)C1)C2. The highest BCUT2D eigenvalue weighted by Gasteiger charge is 2.51. The van der Waals surface area contributed by atoms with Crippen LogP contribution in [0.25, 0.3) is 0 Å². The Kier molecular flexibility index (Phi) is 2.95. The minimum absolute atomic E-state index is 0.589. The van der Waals surface area contributed by atoms with Crippen molar-refractivity contribution in [2.75, 3.05) is 13.6 Å². The van der Waals surface area contributed by atoms with Crippen molar-refractivity contribution in [3.63, 3.8) is 0 Å². The summed E-state index contributed by atoms with van der Waals surface area (Å²) in [6.45, 7) is 2.04. The molecule has 1 heterocycles. The van der Waals surface area contributed by atoms with Crippen molar-refractivity contribution in [1.82, 2.24) is 15.0 Å². The molecule has 0 unspecified atom stereocenters. The Hall–Kier alpha value is -0.900. The quantitative estimate of drug-likeness (QED) is 0.833. The van der Waals surface area contributed by atoms with Crippen LogP contribution in [-0.2, 0) is 6.54 Å². The standard InChI is InChI=1S/C18H27N3O/c1-21(10-16-19-17(20-22-16)15-2-3-15)11-18-7-12-4-13(8-18)6-14(5-12)9-18/h12-15H,2-11H2,1H3. The molecule has 5 fully saturated rings. The maximum atomic E-state index is 5.45. The zero-order chi connectivity index (χ0) is 14.7. The first kappa shape index (κ1) is 13.5. The van der Waals surface area contributed by atoms with Gasteiger partial charge in [-0.2, -0.15) is 4.98 Å². The fraction of sp³-hybridized carbons (Fsp3) is 0.889. The molecule has 5 aliphatic rings. The zero-order valence-corrected chi connectivity index (χ0v) is 13.6. The molecular weight excluding hydrogens is 274 g/mol. The van der Waals surface area contributed by atoms with Crippen molar-refractivity contribution in [3.8, 4) is 0 Å². The molecule has 6 rings (SSSR count). The monoisotopic (exact) mass is 301 g/mol. The van der Waals surface area contributed by atoms with E-state index in [4.69, 9.17) is 4.52 Å². The minimum atomic E-state index is 0.589. The summed E-state index contributed by atoms with van der Waals surface area (Å²) in [5.74, 6) is 5.44. The average molecular weight is 301 g/mol. The van der Waals surface area contributed by atoms with Crippen LogP contribution in [0.2, 0.25) is 0 Å². The summed E-state index contributed by atoms with van der Waals surface area (Å²) in [6, 6.07) is 0. The van der Waals surface area contributed by atoms with Crippen LogP contribution < -0.4 is 0 Å². The van der Waals surface area contributed by atoms with E-state index < -0.39 is 0 Å². The maximum Gasteiger partial charge on any atom is 0.240 e. The predicted octanol–water partition coefficient (Wildman–Crippen LogP) is 3.60. The van der Waals surface area contributed by atoms with Gasteiger partial charge < -0.3 is 4.52 Å². The summed E-state index contributed by atoms with van der Waals surface area (Å²) >= 11 is 0. The minimum Gasteiger partial charge on any atom is -0.338 e. The highest BCUT2D eigenvalue weighted by Crippen LogP contribution is 2.60. The van der Waals surface area contributed by atoms with Gasteiger partial charge in [0, 0.05) is 12.5 Å². The first-order valence-corrected chi connectivity index (χ1v) is 9.18. The number of aromatic nitrogens is 2. The Balaban J connectivity index is 1.25. The maximum absolute atomic E-state index is 5.45. The van der Waals surface area contributed by atoms with Crippen LogP contribution in [0, 0.1) is 23.2 Å². The lowest BCUT2D eigenvalue weighted by atomic mass is 9.49. The largest absolute Gasteiger partial charge is 0.338 e. The fourth-order valence-corrected chi connectivity index (χ4v) is 6.18. The molecule has 1 aromatic rings. The molecule has 4 bridgehead atoms. The molecule has 0 aliphatic heterocycles. The van der Waals surface area contributed by atoms with E-state index in [1.165, 1.54) is 57.9 Å². The van der Waals surface area contributed by atoms with Crippen LogP contribution in [0.3, 0.4) is 0 Å². The third kappa shape index (κ3) is 2.40. The predicted molar refractivity (Wildman–Crippen MR) is 83.2 cm³/mol. The molecule has 0 atom stereocenters. The number of hydrogen-bond donors (Lipinski definition) is 0. The highest BCUT2D eigenvalue weighted by molar-refractivity contribution is 5.04. The van der Waals surface area contributed by atoms with Gasteiger partial charge in [0.2, 0.25) is 5.89 Å². The topological polar surface area (TPSA) is 42.2 Å².